The average molecular weight is 1090 g/mol. The molecule has 3 heterocycles. The van der Waals surface area contributed by atoms with Crippen LogP contribution in [0.4, 0.5) is 0 Å². The number of rotatable bonds is 15. The van der Waals surface area contributed by atoms with Gasteiger partial charge in [-0.05, 0) is 123 Å². The van der Waals surface area contributed by atoms with Gasteiger partial charge in [0.1, 0.15) is 0 Å². The Kier molecular flexibility index (Phi) is 11.5. The third-order valence-corrected chi connectivity index (χ3v) is 11.8. The Morgan fingerprint density at radius 2 is 1.10 bits per heavy atom. The van der Waals surface area contributed by atoms with Gasteiger partial charge in [0.2, 0.25) is 0 Å². The van der Waals surface area contributed by atoms with Gasteiger partial charge in [0.15, 0.2) is 0 Å². The van der Waals surface area contributed by atoms with E-state index in [1.807, 2.05) is 132 Å². The summed E-state index contributed by atoms with van der Waals surface area (Å²) in [6.07, 6.45) is -5.71. The minimum Gasteiger partial charge on any atom is -0.305 e. The molecule has 344 valence electrons. The molecule has 0 fully saturated rings. The van der Waals surface area contributed by atoms with Crippen LogP contribution in [0.3, 0.4) is 0 Å². The van der Waals surface area contributed by atoms with E-state index < -0.39 is 37.8 Å². The van der Waals surface area contributed by atoms with E-state index in [2.05, 4.69) is 33.2 Å². The summed E-state index contributed by atoms with van der Waals surface area (Å²) in [7, 11) is 0. The quantitative estimate of drug-likeness (QED) is 0.0961. The number of benzene rings is 6. The van der Waals surface area contributed by atoms with E-state index in [-0.39, 0.29) is 59.8 Å². The monoisotopic (exact) mass is 1090 g/mol. The molecule has 0 N–H and O–H groups in total. The fourth-order valence-electron chi connectivity index (χ4n) is 8.40. The van der Waals surface area contributed by atoms with Crippen molar-refractivity contribution in [2.24, 2.45) is 5.41 Å². The zero-order chi connectivity index (χ0) is 56.8. The maximum atomic E-state index is 9.84. The van der Waals surface area contributed by atoms with E-state index in [0.29, 0.717) is 56.9 Å². The first-order valence-corrected chi connectivity index (χ1v) is 22.9. The molecule has 0 spiro atoms. The predicted molar refractivity (Wildman–Crippen MR) is 282 cm³/mol. The summed E-state index contributed by atoms with van der Waals surface area (Å²) in [5.74, 6) is 0. The molecule has 0 saturated heterocycles. The summed E-state index contributed by atoms with van der Waals surface area (Å²) in [5, 5.41) is 0. The van der Waals surface area contributed by atoms with Gasteiger partial charge in [-0.1, -0.05) is 144 Å². The van der Waals surface area contributed by atoms with E-state index in [0.717, 1.165) is 22.3 Å². The molecule has 0 aliphatic rings. The largest absolute Gasteiger partial charge is 3.00 e. The Bertz CT molecular complexity index is 3600. The van der Waals surface area contributed by atoms with E-state index in [9.17, 15) is 11.0 Å². The number of nitrogens with zero attached hydrogens (tertiary/aromatic N) is 3. The van der Waals surface area contributed by atoms with Gasteiger partial charge in [-0.2, -0.15) is 0 Å². The second-order valence-corrected chi connectivity index (χ2v) is 19.0. The van der Waals surface area contributed by atoms with Gasteiger partial charge in [-0.3, -0.25) is 0 Å². The van der Waals surface area contributed by atoms with Gasteiger partial charge in [0, 0.05) is 33.7 Å². The summed E-state index contributed by atoms with van der Waals surface area (Å²) >= 11 is 0. The predicted octanol–water partition coefficient (Wildman–Crippen LogP) is 15.6. The Labute approximate surface area is 440 Å². The van der Waals surface area contributed by atoms with Crippen LogP contribution in [0.5, 0.6) is 0 Å². The van der Waals surface area contributed by atoms with Crippen LogP contribution in [0.2, 0.25) is 0 Å². The molecule has 3 aromatic heterocycles. The standard InChI is InChI=1S/C65H60N3.Ir/c1-46-45-68-63(42-60(46)56-18-14-17-55(40-56)51-15-8-7-9-16-51)54-31-33-59(34-32-54)65(5,6)43-50-38-48(22-21-47-23-27-53(28-24-47)61-19-10-12-35-66-61)37-49(39-50)25-26-52-29-30-57(62-20-11-13-36-67-62)41-58(52)44-64(2,3)4;/h7-20,23-24,27,29,31,33-42,45H,21-22,25-26,43-44H2,1-6H3;/q-3;+3/i1D3,21D2,22D2,25D2,26D2;. The van der Waals surface area contributed by atoms with E-state index in [1.54, 1.807) is 54.9 Å². The van der Waals surface area contributed by atoms with Gasteiger partial charge < -0.3 is 15.0 Å². The van der Waals surface area contributed by atoms with Crippen LogP contribution in [0.25, 0.3) is 56.0 Å². The molecular weight excluding hydrogens is 1010 g/mol. The topological polar surface area (TPSA) is 38.7 Å². The first-order chi connectivity index (χ1) is 37.2. The first kappa shape index (κ1) is 36.4. The fourth-order valence-corrected chi connectivity index (χ4v) is 8.40. The second-order valence-electron chi connectivity index (χ2n) is 19.0. The zero-order valence-corrected chi connectivity index (χ0v) is 41.8. The van der Waals surface area contributed by atoms with Crippen LogP contribution >= 0.6 is 0 Å². The maximum absolute atomic E-state index is 9.84. The van der Waals surface area contributed by atoms with Crippen molar-refractivity contribution in [3.8, 4) is 56.0 Å². The van der Waals surface area contributed by atoms with Crippen LogP contribution in [0.1, 0.15) is 94.2 Å². The van der Waals surface area contributed by atoms with Crippen LogP contribution in [0.15, 0.2) is 182 Å². The molecule has 0 aliphatic carbocycles. The van der Waals surface area contributed by atoms with Crippen molar-refractivity contribution >= 4 is 0 Å². The van der Waals surface area contributed by atoms with Gasteiger partial charge in [0.05, 0.1) is 0 Å². The molecule has 0 atom stereocenters. The minimum atomic E-state index is -2.81. The van der Waals surface area contributed by atoms with Crippen LogP contribution in [-0.4, -0.2) is 15.0 Å². The summed E-state index contributed by atoms with van der Waals surface area (Å²) in [5.41, 5.74) is 7.46. The average Bonchev–Trinajstić information content (AvgIpc) is 3.56. The third-order valence-electron chi connectivity index (χ3n) is 11.8. The van der Waals surface area contributed by atoms with Gasteiger partial charge >= 0.3 is 20.1 Å². The molecule has 0 bridgehead atoms. The van der Waals surface area contributed by atoms with Crippen molar-refractivity contribution in [3.05, 3.63) is 245 Å². The van der Waals surface area contributed by atoms with Crippen LogP contribution < -0.4 is 0 Å². The molecule has 9 rings (SSSR count). The molecule has 0 amide bonds. The minimum absolute atomic E-state index is 0. The molecule has 6 aromatic carbocycles. The van der Waals surface area contributed by atoms with Gasteiger partial charge in [0.25, 0.3) is 0 Å². The van der Waals surface area contributed by atoms with Crippen LogP contribution in [-0.2, 0) is 63.9 Å². The molecule has 3 nitrogen and oxygen atoms in total. The SMILES string of the molecule is [2H]C([2H])([2H])c1cnc(-c2[c-]cc(C(C)(C)Cc3cc(C([2H])([2H])C([2H])([2H])c4c[c-]c(-c5ccccn5)cc4)cc(C([2H])([2H])C([2H])([2H])c4c[c-]c(-c5ccccn5)cc4CC(C)(C)C)c3)cc2)cc1-c1cccc(-c2ccccc2)c1.[Ir+3]. The molecule has 0 aliphatic heterocycles. The fraction of sp³-hybridized carbons (Fsp3) is 0.215. The molecule has 9 aromatic rings. The summed E-state index contributed by atoms with van der Waals surface area (Å²) in [6, 6.07) is 57.8. The van der Waals surface area contributed by atoms with Crippen molar-refractivity contribution in [2.45, 2.75) is 85.2 Å². The molecule has 4 heteroatoms. The van der Waals surface area contributed by atoms with E-state index >= 15 is 0 Å². The normalized spacial score (nSPS) is 14.9. The summed E-state index contributed by atoms with van der Waals surface area (Å²) in [6.45, 7) is 7.62. The Balaban J connectivity index is 0.00000841. The van der Waals surface area contributed by atoms with Gasteiger partial charge in [-0.25, -0.2) is 0 Å². The smallest absolute Gasteiger partial charge is 0.305 e. The van der Waals surface area contributed by atoms with Gasteiger partial charge in [-0.15, -0.1) is 106 Å². The third kappa shape index (κ3) is 12.6. The maximum Gasteiger partial charge on any atom is 3.00 e. The number of aromatic nitrogens is 3. The molecular formula is C65H60IrN3. The second kappa shape index (κ2) is 21.8. The number of hydrogen-bond acceptors (Lipinski definition) is 3. The Hall–Kier alpha value is -6.58. The molecule has 0 radical (unpaired) electrons. The molecule has 0 saturated carbocycles. The van der Waals surface area contributed by atoms with Crippen molar-refractivity contribution in [1.82, 2.24) is 15.0 Å². The Morgan fingerprint density at radius 1 is 0.478 bits per heavy atom. The zero-order valence-electron chi connectivity index (χ0n) is 50.4. The van der Waals surface area contributed by atoms with Crippen molar-refractivity contribution in [3.63, 3.8) is 0 Å². The Morgan fingerprint density at radius 3 is 1.77 bits per heavy atom. The number of hydrogen-bond donors (Lipinski definition) is 0. The first-order valence-electron chi connectivity index (χ1n) is 28.4. The van der Waals surface area contributed by atoms with E-state index in [1.165, 1.54) is 30.5 Å². The molecule has 0 unspecified atom stereocenters. The van der Waals surface area contributed by atoms with Crippen molar-refractivity contribution in [2.75, 3.05) is 0 Å². The number of aryl methyl sites for hydroxylation is 5. The number of pyridine rings is 3. The summed E-state index contributed by atoms with van der Waals surface area (Å²) < 4.78 is 103. The van der Waals surface area contributed by atoms with Crippen molar-refractivity contribution in [1.29, 1.82) is 0 Å². The van der Waals surface area contributed by atoms with Crippen molar-refractivity contribution < 1.29 is 35.2 Å². The molecule has 69 heavy (non-hydrogen) atoms. The summed E-state index contributed by atoms with van der Waals surface area (Å²) in [4.78, 5) is 13.5. The van der Waals surface area contributed by atoms with Crippen LogP contribution in [0, 0.1) is 30.5 Å². The van der Waals surface area contributed by atoms with E-state index in [4.69, 9.17) is 4.11 Å².